The van der Waals surface area contributed by atoms with E-state index in [9.17, 15) is 9.59 Å². The van der Waals surface area contributed by atoms with Crippen molar-refractivity contribution in [3.8, 4) is 5.75 Å². The lowest BCUT2D eigenvalue weighted by molar-refractivity contribution is -0.118. The van der Waals surface area contributed by atoms with Gasteiger partial charge in [-0.25, -0.2) is 4.79 Å². The Morgan fingerprint density at radius 2 is 1.72 bits per heavy atom. The highest BCUT2D eigenvalue weighted by atomic mass is 16.5. The number of aryl methyl sites for hydroxylation is 3. The van der Waals surface area contributed by atoms with E-state index in [1.165, 1.54) is 0 Å². The van der Waals surface area contributed by atoms with Crippen LogP contribution in [0.4, 0.5) is 5.69 Å². The van der Waals surface area contributed by atoms with Crippen molar-refractivity contribution < 1.29 is 19.1 Å². The first-order valence-corrected chi connectivity index (χ1v) is 8.18. The van der Waals surface area contributed by atoms with E-state index >= 15 is 0 Å². The Balaban J connectivity index is 2.03. The molecule has 1 amide bonds. The second-order valence-corrected chi connectivity index (χ2v) is 5.86. The van der Waals surface area contributed by atoms with Crippen molar-refractivity contribution in [2.75, 3.05) is 18.5 Å². The summed E-state index contributed by atoms with van der Waals surface area (Å²) in [7, 11) is 0. The minimum absolute atomic E-state index is 0.104. The minimum atomic E-state index is -0.412. The van der Waals surface area contributed by atoms with Gasteiger partial charge in [0.15, 0.2) is 6.61 Å². The van der Waals surface area contributed by atoms with Crippen LogP contribution in [0.1, 0.15) is 34.0 Å². The van der Waals surface area contributed by atoms with E-state index in [1.54, 1.807) is 25.1 Å². The largest absolute Gasteiger partial charge is 0.483 e. The molecule has 0 saturated heterocycles. The molecule has 5 nitrogen and oxygen atoms in total. The summed E-state index contributed by atoms with van der Waals surface area (Å²) in [5.41, 5.74) is 3.87. The summed E-state index contributed by atoms with van der Waals surface area (Å²) in [5.74, 6) is -0.0122. The van der Waals surface area contributed by atoms with Crippen molar-refractivity contribution in [1.82, 2.24) is 0 Å². The zero-order valence-corrected chi connectivity index (χ0v) is 15.0. The van der Waals surface area contributed by atoms with E-state index in [4.69, 9.17) is 9.47 Å². The van der Waals surface area contributed by atoms with E-state index in [0.717, 1.165) is 16.7 Å². The smallest absolute Gasteiger partial charge is 0.338 e. The second-order valence-electron chi connectivity index (χ2n) is 5.86. The van der Waals surface area contributed by atoms with E-state index in [1.807, 2.05) is 39.0 Å². The standard InChI is InChI=1S/C20H23NO4/c1-5-24-20(23)16-9-8-14(3)17(11-16)21-19(22)12-25-18-10-13(2)6-7-15(18)4/h6-11H,5,12H2,1-4H3,(H,21,22). The Labute approximate surface area is 148 Å². The molecule has 0 radical (unpaired) electrons. The fourth-order valence-electron chi connectivity index (χ4n) is 2.29. The molecule has 0 atom stereocenters. The van der Waals surface area contributed by atoms with Crippen molar-refractivity contribution in [2.24, 2.45) is 0 Å². The summed E-state index contributed by atoms with van der Waals surface area (Å²) in [5, 5.41) is 2.78. The molecule has 2 aromatic carbocycles. The third kappa shape index (κ3) is 5.08. The predicted molar refractivity (Wildman–Crippen MR) is 97.2 cm³/mol. The summed E-state index contributed by atoms with van der Waals surface area (Å²) in [6.45, 7) is 7.71. The molecule has 0 bridgehead atoms. The Morgan fingerprint density at radius 3 is 2.44 bits per heavy atom. The van der Waals surface area contributed by atoms with Crippen LogP contribution in [0, 0.1) is 20.8 Å². The van der Waals surface area contributed by atoms with Crippen molar-refractivity contribution >= 4 is 17.6 Å². The molecule has 0 aliphatic heterocycles. The van der Waals surface area contributed by atoms with Crippen LogP contribution in [-0.2, 0) is 9.53 Å². The number of hydrogen-bond acceptors (Lipinski definition) is 4. The van der Waals surface area contributed by atoms with Crippen LogP contribution >= 0.6 is 0 Å². The summed E-state index contributed by atoms with van der Waals surface area (Å²) in [6, 6.07) is 10.9. The molecule has 132 valence electrons. The molecule has 1 N–H and O–H groups in total. The SMILES string of the molecule is CCOC(=O)c1ccc(C)c(NC(=O)COc2cc(C)ccc2C)c1. The van der Waals surface area contributed by atoms with E-state index in [0.29, 0.717) is 23.6 Å². The summed E-state index contributed by atoms with van der Waals surface area (Å²) in [4.78, 5) is 24.0. The molecule has 5 heteroatoms. The number of anilines is 1. The van der Waals surface area contributed by atoms with E-state index in [-0.39, 0.29) is 12.5 Å². The minimum Gasteiger partial charge on any atom is -0.483 e. The maximum atomic E-state index is 12.2. The van der Waals surface area contributed by atoms with Gasteiger partial charge in [-0.3, -0.25) is 4.79 Å². The third-order valence-corrected chi connectivity index (χ3v) is 3.73. The number of benzene rings is 2. The number of carbonyl (C=O) groups excluding carboxylic acids is 2. The number of ether oxygens (including phenoxy) is 2. The fourth-order valence-corrected chi connectivity index (χ4v) is 2.29. The van der Waals surface area contributed by atoms with E-state index < -0.39 is 5.97 Å². The molecule has 0 heterocycles. The van der Waals surface area contributed by atoms with Crippen LogP contribution in [-0.4, -0.2) is 25.1 Å². The maximum absolute atomic E-state index is 12.2. The van der Waals surface area contributed by atoms with Crippen molar-refractivity contribution in [1.29, 1.82) is 0 Å². The van der Waals surface area contributed by atoms with Gasteiger partial charge in [-0.15, -0.1) is 0 Å². The van der Waals surface area contributed by atoms with E-state index in [2.05, 4.69) is 5.32 Å². The highest BCUT2D eigenvalue weighted by Gasteiger charge is 2.12. The predicted octanol–water partition coefficient (Wildman–Crippen LogP) is 3.81. The third-order valence-electron chi connectivity index (χ3n) is 3.73. The average Bonchev–Trinajstić information content (AvgIpc) is 2.58. The Hall–Kier alpha value is -2.82. The van der Waals surface area contributed by atoms with Gasteiger partial charge >= 0.3 is 5.97 Å². The lowest BCUT2D eigenvalue weighted by Gasteiger charge is -2.12. The Morgan fingerprint density at radius 1 is 1.00 bits per heavy atom. The van der Waals surface area contributed by atoms with Gasteiger partial charge in [0.05, 0.1) is 12.2 Å². The van der Waals surface area contributed by atoms with Gasteiger partial charge in [0.2, 0.25) is 0 Å². The van der Waals surface area contributed by atoms with Gasteiger partial charge in [0.25, 0.3) is 5.91 Å². The zero-order chi connectivity index (χ0) is 18.4. The second kappa shape index (κ2) is 8.33. The fraction of sp³-hybridized carbons (Fsp3) is 0.300. The van der Waals surface area contributed by atoms with Crippen LogP contribution in [0.3, 0.4) is 0 Å². The molecule has 2 rings (SSSR count). The summed E-state index contributed by atoms with van der Waals surface area (Å²) >= 11 is 0. The normalized spacial score (nSPS) is 10.2. The monoisotopic (exact) mass is 341 g/mol. The Kier molecular flexibility index (Phi) is 6.17. The van der Waals surface area contributed by atoms with Gasteiger partial charge in [-0.1, -0.05) is 18.2 Å². The highest BCUT2D eigenvalue weighted by molar-refractivity contribution is 5.96. The Bertz CT molecular complexity index is 783. The molecule has 0 spiro atoms. The number of hydrogen-bond donors (Lipinski definition) is 1. The van der Waals surface area contributed by atoms with Crippen LogP contribution in [0.25, 0.3) is 0 Å². The average molecular weight is 341 g/mol. The first kappa shape index (κ1) is 18.5. The van der Waals surface area contributed by atoms with Gasteiger partial charge < -0.3 is 14.8 Å². The highest BCUT2D eigenvalue weighted by Crippen LogP contribution is 2.20. The zero-order valence-electron chi connectivity index (χ0n) is 15.0. The van der Waals surface area contributed by atoms with Crippen LogP contribution in [0.15, 0.2) is 36.4 Å². The van der Waals surface area contributed by atoms with Crippen LogP contribution in [0.5, 0.6) is 5.75 Å². The first-order chi connectivity index (χ1) is 11.9. The lowest BCUT2D eigenvalue weighted by atomic mass is 10.1. The van der Waals surface area contributed by atoms with Crippen molar-refractivity contribution in [2.45, 2.75) is 27.7 Å². The molecule has 0 aliphatic carbocycles. The van der Waals surface area contributed by atoms with Gasteiger partial charge in [-0.05, 0) is 62.6 Å². The topological polar surface area (TPSA) is 64.6 Å². The van der Waals surface area contributed by atoms with Crippen LogP contribution < -0.4 is 10.1 Å². The van der Waals surface area contributed by atoms with Gasteiger partial charge in [-0.2, -0.15) is 0 Å². The van der Waals surface area contributed by atoms with Crippen molar-refractivity contribution in [3.05, 3.63) is 58.7 Å². The lowest BCUT2D eigenvalue weighted by Crippen LogP contribution is -2.21. The summed E-state index contributed by atoms with van der Waals surface area (Å²) < 4.78 is 10.6. The van der Waals surface area contributed by atoms with Gasteiger partial charge in [0, 0.05) is 5.69 Å². The molecular weight excluding hydrogens is 318 g/mol. The quantitative estimate of drug-likeness (QED) is 0.812. The number of carbonyl (C=O) groups is 2. The van der Waals surface area contributed by atoms with Crippen molar-refractivity contribution in [3.63, 3.8) is 0 Å². The molecule has 0 aromatic heterocycles. The number of amides is 1. The molecule has 25 heavy (non-hydrogen) atoms. The number of rotatable bonds is 6. The first-order valence-electron chi connectivity index (χ1n) is 8.18. The molecule has 0 fully saturated rings. The molecule has 0 unspecified atom stereocenters. The molecular formula is C20H23NO4. The molecule has 0 aliphatic rings. The van der Waals surface area contributed by atoms with Gasteiger partial charge in [0.1, 0.15) is 5.75 Å². The number of nitrogens with one attached hydrogen (secondary N) is 1. The van der Waals surface area contributed by atoms with Crippen LogP contribution in [0.2, 0.25) is 0 Å². The summed E-state index contributed by atoms with van der Waals surface area (Å²) in [6.07, 6.45) is 0. The molecule has 0 saturated carbocycles. The maximum Gasteiger partial charge on any atom is 0.338 e. The molecule has 2 aromatic rings. The number of esters is 1.